The lowest BCUT2D eigenvalue weighted by Crippen LogP contribution is -2.31. The van der Waals surface area contributed by atoms with Crippen molar-refractivity contribution in [2.75, 3.05) is 0 Å². The van der Waals surface area contributed by atoms with Crippen LogP contribution in [0, 0.1) is 46.7 Å². The number of carbonyl (C=O) groups is 1. The second kappa shape index (κ2) is 9.85. The maximum atomic E-state index is 13.8. The molecule has 34 heavy (non-hydrogen) atoms. The first-order chi connectivity index (χ1) is 16.2. The fourth-order valence-electron chi connectivity index (χ4n) is 4.51. The molecule has 1 aromatic heterocycles. The Hall–Kier alpha value is -2.75. The van der Waals surface area contributed by atoms with Crippen LogP contribution in [0.3, 0.4) is 0 Å². The summed E-state index contributed by atoms with van der Waals surface area (Å²) in [6.07, 6.45) is 4.57. The second-order valence-electron chi connectivity index (χ2n) is 8.43. The second-order valence-corrected chi connectivity index (χ2v) is 9.25. The molecule has 0 bridgehead atoms. The number of rotatable bonds is 5. The van der Waals surface area contributed by atoms with Gasteiger partial charge in [0.1, 0.15) is 10.7 Å². The monoisotopic (exact) mass is 498 g/mol. The lowest BCUT2D eigenvalue weighted by molar-refractivity contribution is -0.124. The van der Waals surface area contributed by atoms with Gasteiger partial charge in [-0.2, -0.15) is 0 Å². The van der Waals surface area contributed by atoms with Crippen LogP contribution >= 0.6 is 11.9 Å². The standard InChI is InChI=1S/C24H20F6N2OS/c1-11(24(33)32-34-23-21(29)19(27)18(26)20(28)22(23)30)12-2-4-13(5-3-12)15-8-9-31-17-7-6-14(25)10-16(15)17/h6-13H,2-5H2,1H3,(H,32,33). The highest BCUT2D eigenvalue weighted by Crippen LogP contribution is 2.41. The Balaban J connectivity index is 1.39. The van der Waals surface area contributed by atoms with E-state index in [1.54, 1.807) is 19.2 Å². The van der Waals surface area contributed by atoms with Crippen LogP contribution in [0.15, 0.2) is 35.4 Å². The minimum Gasteiger partial charge on any atom is -0.296 e. The average Bonchev–Trinajstić information content (AvgIpc) is 2.85. The summed E-state index contributed by atoms with van der Waals surface area (Å²) in [5.41, 5.74) is 1.71. The Morgan fingerprint density at radius 2 is 1.56 bits per heavy atom. The molecule has 1 amide bonds. The van der Waals surface area contributed by atoms with Gasteiger partial charge < -0.3 is 0 Å². The van der Waals surface area contributed by atoms with Crippen LogP contribution < -0.4 is 4.72 Å². The minimum absolute atomic E-state index is 0.0296. The molecule has 1 fully saturated rings. The van der Waals surface area contributed by atoms with Crippen molar-refractivity contribution in [1.29, 1.82) is 0 Å². The van der Waals surface area contributed by atoms with E-state index in [0.717, 1.165) is 23.8 Å². The van der Waals surface area contributed by atoms with Gasteiger partial charge in [-0.3, -0.25) is 14.5 Å². The molecule has 180 valence electrons. The normalized spacial score (nSPS) is 19.3. The Labute approximate surface area is 196 Å². The van der Waals surface area contributed by atoms with Gasteiger partial charge in [0, 0.05) is 17.5 Å². The summed E-state index contributed by atoms with van der Waals surface area (Å²) in [6, 6.07) is 6.34. The van der Waals surface area contributed by atoms with Crippen molar-refractivity contribution in [2.45, 2.75) is 43.4 Å². The fraction of sp³-hybridized carbons (Fsp3) is 0.333. The molecule has 10 heteroatoms. The van der Waals surface area contributed by atoms with Gasteiger partial charge in [-0.1, -0.05) is 6.92 Å². The number of fused-ring (bicyclic) bond motifs is 1. The summed E-state index contributed by atoms with van der Waals surface area (Å²) < 4.78 is 83.5. The van der Waals surface area contributed by atoms with E-state index in [2.05, 4.69) is 9.71 Å². The Bertz CT molecular complexity index is 1220. The third-order valence-electron chi connectivity index (χ3n) is 6.49. The Kier molecular flexibility index (Phi) is 7.06. The Morgan fingerprint density at radius 1 is 0.941 bits per heavy atom. The summed E-state index contributed by atoms with van der Waals surface area (Å²) in [4.78, 5) is 15.7. The van der Waals surface area contributed by atoms with Gasteiger partial charge in [-0.25, -0.2) is 26.3 Å². The predicted octanol–water partition coefficient (Wildman–Crippen LogP) is 6.80. The molecule has 3 aromatic rings. The molecule has 0 spiro atoms. The van der Waals surface area contributed by atoms with Gasteiger partial charge in [-0.05, 0) is 79.3 Å². The topological polar surface area (TPSA) is 42.0 Å². The molecule has 1 heterocycles. The van der Waals surface area contributed by atoms with E-state index in [9.17, 15) is 31.1 Å². The number of aromatic nitrogens is 1. The molecule has 0 radical (unpaired) electrons. The van der Waals surface area contributed by atoms with Gasteiger partial charge in [0.15, 0.2) is 23.3 Å². The van der Waals surface area contributed by atoms with Gasteiger partial charge in [0.2, 0.25) is 11.7 Å². The predicted molar refractivity (Wildman–Crippen MR) is 116 cm³/mol. The summed E-state index contributed by atoms with van der Waals surface area (Å²) in [5.74, 6) is -11.7. The van der Waals surface area contributed by atoms with Crippen LogP contribution in [-0.2, 0) is 4.79 Å². The third-order valence-corrected chi connectivity index (χ3v) is 7.36. The lowest BCUT2D eigenvalue weighted by atomic mass is 9.73. The van der Waals surface area contributed by atoms with Crippen molar-refractivity contribution in [1.82, 2.24) is 9.71 Å². The first-order valence-electron chi connectivity index (χ1n) is 10.7. The van der Waals surface area contributed by atoms with Crippen LogP contribution in [0.1, 0.15) is 44.1 Å². The molecule has 1 aliphatic carbocycles. The first-order valence-corrected chi connectivity index (χ1v) is 11.5. The molecule has 1 saturated carbocycles. The van der Waals surface area contributed by atoms with Crippen molar-refractivity contribution in [3.63, 3.8) is 0 Å². The summed E-state index contributed by atoms with van der Waals surface area (Å²) in [6.45, 7) is 1.66. The van der Waals surface area contributed by atoms with E-state index in [0.29, 0.717) is 18.4 Å². The van der Waals surface area contributed by atoms with E-state index in [4.69, 9.17) is 0 Å². The number of nitrogens with one attached hydrogen (secondary N) is 1. The SMILES string of the molecule is CC(C(=O)NSc1c(F)c(F)c(F)c(F)c1F)C1CCC(c2ccnc3ccc(F)cc23)CC1. The number of halogens is 6. The molecule has 1 atom stereocenters. The molecule has 0 aliphatic heterocycles. The molecular weight excluding hydrogens is 478 g/mol. The summed E-state index contributed by atoms with van der Waals surface area (Å²) >= 11 is 0.0726. The van der Waals surface area contributed by atoms with Gasteiger partial charge in [0.05, 0.1) is 5.52 Å². The van der Waals surface area contributed by atoms with Gasteiger partial charge in [-0.15, -0.1) is 0 Å². The Morgan fingerprint density at radius 3 is 2.21 bits per heavy atom. The molecule has 1 N–H and O–H groups in total. The van der Waals surface area contributed by atoms with Crippen molar-refractivity contribution < 1.29 is 31.1 Å². The van der Waals surface area contributed by atoms with E-state index in [1.807, 2.05) is 6.07 Å². The number of hydrogen-bond donors (Lipinski definition) is 1. The quantitative estimate of drug-likeness (QED) is 0.182. The van der Waals surface area contributed by atoms with Crippen molar-refractivity contribution in [3.05, 3.63) is 70.9 Å². The largest absolute Gasteiger partial charge is 0.296 e. The van der Waals surface area contributed by atoms with E-state index < -0.39 is 45.8 Å². The zero-order valence-corrected chi connectivity index (χ0v) is 18.8. The molecular formula is C24H20F6N2OS. The summed E-state index contributed by atoms with van der Waals surface area (Å²) in [7, 11) is 0. The third kappa shape index (κ3) is 4.60. The van der Waals surface area contributed by atoms with E-state index >= 15 is 0 Å². The zero-order valence-electron chi connectivity index (χ0n) is 18.0. The highest BCUT2D eigenvalue weighted by atomic mass is 32.2. The molecule has 4 rings (SSSR count). The number of hydrogen-bond acceptors (Lipinski definition) is 3. The average molecular weight is 498 g/mol. The van der Waals surface area contributed by atoms with Crippen molar-refractivity contribution in [3.8, 4) is 0 Å². The smallest absolute Gasteiger partial charge is 0.233 e. The lowest BCUT2D eigenvalue weighted by Gasteiger charge is -2.32. The number of nitrogens with zero attached hydrogens (tertiary/aromatic N) is 1. The zero-order chi connectivity index (χ0) is 24.6. The molecule has 0 saturated heterocycles. The van der Waals surface area contributed by atoms with E-state index in [-0.39, 0.29) is 29.6 Å². The van der Waals surface area contributed by atoms with Crippen LogP contribution in [0.25, 0.3) is 10.9 Å². The minimum atomic E-state index is -2.25. The number of amides is 1. The van der Waals surface area contributed by atoms with Crippen molar-refractivity contribution >= 4 is 28.8 Å². The fourth-order valence-corrected chi connectivity index (χ4v) is 5.26. The summed E-state index contributed by atoms with van der Waals surface area (Å²) in [5, 5.41) is 0.760. The maximum absolute atomic E-state index is 13.8. The first kappa shape index (κ1) is 24.4. The van der Waals surface area contributed by atoms with Gasteiger partial charge in [0.25, 0.3) is 0 Å². The maximum Gasteiger partial charge on any atom is 0.233 e. The van der Waals surface area contributed by atoms with Gasteiger partial charge >= 0.3 is 0 Å². The van der Waals surface area contributed by atoms with Crippen molar-refractivity contribution in [2.24, 2.45) is 11.8 Å². The van der Waals surface area contributed by atoms with E-state index in [1.165, 1.54) is 12.1 Å². The molecule has 3 nitrogen and oxygen atoms in total. The molecule has 1 unspecified atom stereocenters. The van der Waals surface area contributed by atoms with Crippen LogP contribution in [-0.4, -0.2) is 10.9 Å². The highest BCUT2D eigenvalue weighted by molar-refractivity contribution is 7.98. The molecule has 2 aromatic carbocycles. The van der Waals surface area contributed by atoms with Crippen LogP contribution in [0.4, 0.5) is 26.3 Å². The highest BCUT2D eigenvalue weighted by Gasteiger charge is 2.32. The van der Waals surface area contributed by atoms with Crippen LogP contribution in [0.5, 0.6) is 0 Å². The number of benzene rings is 2. The van der Waals surface area contributed by atoms with Crippen LogP contribution in [0.2, 0.25) is 0 Å². The number of carbonyl (C=O) groups excluding carboxylic acids is 1. The number of pyridine rings is 1. The molecule has 1 aliphatic rings.